The molecule has 0 aliphatic carbocycles. The van der Waals surface area contributed by atoms with Crippen molar-refractivity contribution in [2.24, 2.45) is 0 Å². The lowest BCUT2D eigenvalue weighted by Gasteiger charge is -1.99. The number of fused-ring (bicyclic) bond motifs is 1. The molecule has 21 heavy (non-hydrogen) atoms. The third kappa shape index (κ3) is 2.64. The average Bonchev–Trinajstić information content (AvgIpc) is 2.49. The van der Waals surface area contributed by atoms with E-state index in [0.717, 1.165) is 0 Å². The van der Waals surface area contributed by atoms with E-state index in [0.29, 0.717) is 22.3 Å². The van der Waals surface area contributed by atoms with E-state index in [1.54, 1.807) is 24.3 Å². The molecule has 0 aliphatic heterocycles. The molecule has 0 fully saturated rings. The van der Waals surface area contributed by atoms with Crippen LogP contribution < -0.4 is 5.56 Å². The third-order valence-corrected chi connectivity index (χ3v) is 2.93. The largest absolute Gasteiger partial charge is 0.505 e. The van der Waals surface area contributed by atoms with Crippen LogP contribution in [0.1, 0.15) is 11.4 Å². The summed E-state index contributed by atoms with van der Waals surface area (Å²) in [5.74, 6) is -0.772. The predicted octanol–water partition coefficient (Wildman–Crippen LogP) is 2.33. The van der Waals surface area contributed by atoms with Gasteiger partial charge in [-0.2, -0.15) is 0 Å². The van der Waals surface area contributed by atoms with Gasteiger partial charge in [0, 0.05) is 6.20 Å². The number of aromatic nitrogens is 3. The Bertz CT molecular complexity index is 903. The second-order valence-electron chi connectivity index (χ2n) is 4.39. The van der Waals surface area contributed by atoms with E-state index in [1.807, 2.05) is 0 Å². The van der Waals surface area contributed by atoms with E-state index in [-0.39, 0.29) is 5.56 Å². The normalized spacial score (nSPS) is 11.3. The fraction of sp³-hybridized carbons (Fsp3) is 0. The topological polar surface area (TPSA) is 78.9 Å². The van der Waals surface area contributed by atoms with Gasteiger partial charge >= 0.3 is 0 Å². The van der Waals surface area contributed by atoms with Crippen molar-refractivity contribution < 1.29 is 9.50 Å². The number of hydrogen-bond acceptors (Lipinski definition) is 4. The molecule has 1 aromatic carbocycles. The Balaban J connectivity index is 1.99. The minimum Gasteiger partial charge on any atom is -0.505 e. The molecule has 0 saturated carbocycles. The Hall–Kier alpha value is -3.02. The molecule has 0 aliphatic rings. The van der Waals surface area contributed by atoms with Crippen LogP contribution in [0.5, 0.6) is 5.75 Å². The van der Waals surface area contributed by atoms with Crippen molar-refractivity contribution in [3.63, 3.8) is 0 Å². The van der Waals surface area contributed by atoms with Gasteiger partial charge < -0.3 is 10.1 Å². The number of benzene rings is 1. The quantitative estimate of drug-likeness (QED) is 0.756. The summed E-state index contributed by atoms with van der Waals surface area (Å²) >= 11 is 0. The number of aromatic amines is 1. The number of H-pyrrole nitrogens is 1. The van der Waals surface area contributed by atoms with Crippen molar-refractivity contribution in [2.45, 2.75) is 0 Å². The fourth-order valence-electron chi connectivity index (χ4n) is 1.89. The monoisotopic (exact) mass is 283 g/mol. The summed E-state index contributed by atoms with van der Waals surface area (Å²) in [7, 11) is 0. The first-order chi connectivity index (χ1) is 10.1. The first kappa shape index (κ1) is 13.0. The highest BCUT2D eigenvalue weighted by molar-refractivity contribution is 5.78. The zero-order valence-electron chi connectivity index (χ0n) is 10.7. The van der Waals surface area contributed by atoms with Gasteiger partial charge in [-0.25, -0.2) is 9.37 Å². The van der Waals surface area contributed by atoms with Crippen molar-refractivity contribution >= 4 is 23.1 Å². The molecule has 0 bridgehead atoms. The van der Waals surface area contributed by atoms with Gasteiger partial charge in [0.1, 0.15) is 5.82 Å². The maximum atomic E-state index is 13.2. The molecule has 2 N–H and O–H groups in total. The average molecular weight is 283 g/mol. The summed E-state index contributed by atoms with van der Waals surface area (Å²) in [5.41, 5.74) is 0.760. The van der Waals surface area contributed by atoms with E-state index >= 15 is 0 Å². The summed E-state index contributed by atoms with van der Waals surface area (Å²) in [6.45, 7) is 0. The number of aromatic hydroxyl groups is 1. The zero-order chi connectivity index (χ0) is 14.8. The number of hydrogen-bond donors (Lipinski definition) is 2. The first-order valence-electron chi connectivity index (χ1n) is 6.14. The van der Waals surface area contributed by atoms with Crippen LogP contribution in [0, 0.1) is 5.82 Å². The predicted molar refractivity (Wildman–Crippen MR) is 77.2 cm³/mol. The molecule has 2 heterocycles. The summed E-state index contributed by atoms with van der Waals surface area (Å²) in [5, 5.41) is 9.57. The van der Waals surface area contributed by atoms with Crippen LogP contribution >= 0.6 is 0 Å². The van der Waals surface area contributed by atoms with Crippen LogP contribution in [-0.2, 0) is 0 Å². The second kappa shape index (κ2) is 5.16. The van der Waals surface area contributed by atoms with Crippen molar-refractivity contribution in [1.29, 1.82) is 0 Å². The van der Waals surface area contributed by atoms with Crippen molar-refractivity contribution in [3.8, 4) is 5.75 Å². The lowest BCUT2D eigenvalue weighted by molar-refractivity contribution is 0.432. The lowest BCUT2D eigenvalue weighted by Crippen LogP contribution is -2.09. The highest BCUT2D eigenvalue weighted by atomic mass is 19.1. The van der Waals surface area contributed by atoms with E-state index in [4.69, 9.17) is 5.11 Å². The molecule has 0 spiro atoms. The summed E-state index contributed by atoms with van der Waals surface area (Å²) in [4.78, 5) is 22.6. The second-order valence-corrected chi connectivity index (χ2v) is 4.39. The number of pyridine rings is 1. The van der Waals surface area contributed by atoms with Crippen LogP contribution in [0.15, 0.2) is 41.5 Å². The van der Waals surface area contributed by atoms with Crippen LogP contribution in [0.4, 0.5) is 4.39 Å². The molecule has 0 atom stereocenters. The van der Waals surface area contributed by atoms with Gasteiger partial charge in [-0.05, 0) is 29.8 Å². The zero-order valence-corrected chi connectivity index (χ0v) is 10.7. The minimum absolute atomic E-state index is 0.265. The van der Waals surface area contributed by atoms with Gasteiger partial charge in [-0.1, -0.05) is 12.1 Å². The van der Waals surface area contributed by atoms with Gasteiger partial charge in [-0.15, -0.1) is 0 Å². The van der Waals surface area contributed by atoms with Crippen LogP contribution in [0.2, 0.25) is 0 Å². The third-order valence-electron chi connectivity index (χ3n) is 2.93. The van der Waals surface area contributed by atoms with Gasteiger partial charge in [0.25, 0.3) is 5.56 Å². The molecule has 5 nitrogen and oxygen atoms in total. The Morgan fingerprint density at radius 1 is 1.24 bits per heavy atom. The standard InChI is InChI=1S/C15H10FN3O2/c16-11-7-9(1-3-13(11)20)2-4-14-18-12-8-17-6-5-10(12)15(21)19-14/h1-8,20H,(H,18,19,21)/b4-2+. The molecule has 0 unspecified atom stereocenters. The Morgan fingerprint density at radius 2 is 2.10 bits per heavy atom. The van der Waals surface area contributed by atoms with E-state index in [9.17, 15) is 9.18 Å². The van der Waals surface area contributed by atoms with Gasteiger partial charge in [0.15, 0.2) is 11.6 Å². The maximum absolute atomic E-state index is 13.2. The van der Waals surface area contributed by atoms with Crippen LogP contribution in [0.25, 0.3) is 23.1 Å². The summed E-state index contributed by atoms with van der Waals surface area (Å²) in [6, 6.07) is 5.58. The molecular formula is C15H10FN3O2. The summed E-state index contributed by atoms with van der Waals surface area (Å²) < 4.78 is 13.2. The van der Waals surface area contributed by atoms with E-state index < -0.39 is 11.6 Å². The number of nitrogens with zero attached hydrogens (tertiary/aromatic N) is 2. The molecule has 6 heteroatoms. The van der Waals surface area contributed by atoms with Gasteiger partial charge in [0.2, 0.25) is 0 Å². The Kier molecular flexibility index (Phi) is 3.19. The van der Waals surface area contributed by atoms with E-state index in [1.165, 1.54) is 24.5 Å². The minimum atomic E-state index is -0.707. The molecule has 0 amide bonds. The summed E-state index contributed by atoms with van der Waals surface area (Å²) in [6.07, 6.45) is 6.17. The highest BCUT2D eigenvalue weighted by Crippen LogP contribution is 2.17. The molecule has 0 radical (unpaired) electrons. The Morgan fingerprint density at radius 3 is 2.90 bits per heavy atom. The number of nitrogens with one attached hydrogen (secondary N) is 1. The maximum Gasteiger partial charge on any atom is 0.259 e. The molecule has 0 saturated heterocycles. The SMILES string of the molecule is O=c1[nH]c(/C=C/c2ccc(O)c(F)c2)nc2cnccc12. The number of phenolic OH excluding ortho intramolecular Hbond substituents is 1. The fourth-order valence-corrected chi connectivity index (χ4v) is 1.89. The van der Waals surface area contributed by atoms with Crippen molar-refractivity contribution in [3.05, 3.63) is 64.2 Å². The number of halogens is 1. The number of rotatable bonds is 2. The molecule has 104 valence electrons. The first-order valence-corrected chi connectivity index (χ1v) is 6.14. The Labute approximate surface area is 118 Å². The lowest BCUT2D eigenvalue weighted by atomic mass is 10.2. The molecule has 3 rings (SSSR count). The van der Waals surface area contributed by atoms with E-state index in [2.05, 4.69) is 15.0 Å². The van der Waals surface area contributed by atoms with Crippen molar-refractivity contribution in [2.75, 3.05) is 0 Å². The highest BCUT2D eigenvalue weighted by Gasteiger charge is 2.02. The number of phenols is 1. The van der Waals surface area contributed by atoms with Crippen molar-refractivity contribution in [1.82, 2.24) is 15.0 Å². The van der Waals surface area contributed by atoms with Crippen LogP contribution in [-0.4, -0.2) is 20.1 Å². The van der Waals surface area contributed by atoms with Gasteiger partial charge in [-0.3, -0.25) is 9.78 Å². The molecule has 3 aromatic rings. The smallest absolute Gasteiger partial charge is 0.259 e. The molecule has 2 aromatic heterocycles. The molecular weight excluding hydrogens is 273 g/mol. The van der Waals surface area contributed by atoms with Crippen LogP contribution in [0.3, 0.4) is 0 Å². The van der Waals surface area contributed by atoms with Gasteiger partial charge in [0.05, 0.1) is 17.1 Å².